The van der Waals surface area contributed by atoms with Crippen molar-refractivity contribution in [1.82, 2.24) is 5.32 Å². The van der Waals surface area contributed by atoms with Crippen LogP contribution in [0.1, 0.15) is 47.5 Å². The third-order valence-electron chi connectivity index (χ3n) is 2.96. The minimum atomic E-state index is -0.868. The lowest BCUT2D eigenvalue weighted by Gasteiger charge is -2.23. The second kappa shape index (κ2) is 5.16. The standard InChI is InChI=1S/C13H23NO4/c1-6-9-8-13(9,10(15)17-7-2)14-11(16)18-12(3,4)5/h9H,6-8H2,1-5H3,(H,14,16)/t9-,13-/m1/s1. The third kappa shape index (κ3) is 3.37. The molecule has 5 heteroatoms. The quantitative estimate of drug-likeness (QED) is 0.784. The van der Waals surface area contributed by atoms with Crippen molar-refractivity contribution in [2.75, 3.05) is 6.61 Å². The summed E-state index contributed by atoms with van der Waals surface area (Å²) in [6.07, 6.45) is 0.891. The lowest BCUT2D eigenvalue weighted by atomic mass is 10.1. The molecule has 1 rings (SSSR count). The zero-order valence-corrected chi connectivity index (χ0v) is 11.8. The fourth-order valence-corrected chi connectivity index (χ4v) is 2.02. The fraction of sp³-hybridized carbons (Fsp3) is 0.846. The molecular formula is C13H23NO4. The van der Waals surface area contributed by atoms with Gasteiger partial charge >= 0.3 is 12.1 Å². The molecule has 1 N–H and O–H groups in total. The Kier molecular flexibility index (Phi) is 4.24. The fourth-order valence-electron chi connectivity index (χ4n) is 2.02. The summed E-state index contributed by atoms with van der Waals surface area (Å²) in [5.74, 6) is -0.216. The number of carbonyl (C=O) groups excluding carboxylic acids is 2. The first-order valence-electron chi connectivity index (χ1n) is 6.43. The van der Waals surface area contributed by atoms with Crippen LogP contribution in [0.15, 0.2) is 0 Å². The van der Waals surface area contributed by atoms with Gasteiger partial charge in [0.15, 0.2) is 0 Å². The van der Waals surface area contributed by atoms with Crippen LogP contribution in [0.25, 0.3) is 0 Å². The normalized spacial score (nSPS) is 26.4. The van der Waals surface area contributed by atoms with Crippen molar-refractivity contribution in [3.63, 3.8) is 0 Å². The third-order valence-corrected chi connectivity index (χ3v) is 2.96. The second-order valence-corrected chi connectivity index (χ2v) is 5.63. The largest absolute Gasteiger partial charge is 0.464 e. The van der Waals surface area contributed by atoms with Gasteiger partial charge in [0.2, 0.25) is 0 Å². The van der Waals surface area contributed by atoms with Crippen LogP contribution in [-0.2, 0) is 14.3 Å². The Labute approximate surface area is 108 Å². The number of rotatable bonds is 4. The summed E-state index contributed by atoms with van der Waals surface area (Å²) in [4.78, 5) is 23.6. The first-order chi connectivity index (χ1) is 8.25. The van der Waals surface area contributed by atoms with E-state index in [1.165, 1.54) is 0 Å². The summed E-state index contributed by atoms with van der Waals surface area (Å²) in [5.41, 5.74) is -1.44. The molecule has 104 valence electrons. The lowest BCUT2D eigenvalue weighted by Crippen LogP contribution is -2.47. The number of esters is 1. The van der Waals surface area contributed by atoms with Crippen molar-refractivity contribution in [2.45, 2.75) is 58.6 Å². The van der Waals surface area contributed by atoms with E-state index in [1.807, 2.05) is 6.92 Å². The van der Waals surface area contributed by atoms with Gasteiger partial charge in [-0.25, -0.2) is 9.59 Å². The number of nitrogens with one attached hydrogen (secondary N) is 1. The van der Waals surface area contributed by atoms with Crippen LogP contribution in [-0.4, -0.2) is 29.8 Å². The van der Waals surface area contributed by atoms with Gasteiger partial charge in [0.1, 0.15) is 11.1 Å². The monoisotopic (exact) mass is 257 g/mol. The highest BCUT2D eigenvalue weighted by atomic mass is 16.6. The van der Waals surface area contributed by atoms with Gasteiger partial charge in [0, 0.05) is 0 Å². The molecule has 0 aromatic heterocycles. The molecule has 0 bridgehead atoms. The zero-order chi connectivity index (χ0) is 14.0. The van der Waals surface area contributed by atoms with E-state index in [0.29, 0.717) is 13.0 Å². The van der Waals surface area contributed by atoms with Crippen molar-refractivity contribution in [2.24, 2.45) is 5.92 Å². The number of alkyl carbamates (subject to hydrolysis) is 1. The maximum Gasteiger partial charge on any atom is 0.408 e. The topological polar surface area (TPSA) is 64.6 Å². The first kappa shape index (κ1) is 14.8. The molecule has 0 spiro atoms. The Morgan fingerprint density at radius 2 is 1.94 bits per heavy atom. The van der Waals surface area contributed by atoms with Crippen LogP contribution in [0, 0.1) is 5.92 Å². The predicted octanol–water partition coefficient (Wildman–Crippen LogP) is 2.24. The van der Waals surface area contributed by atoms with Crippen molar-refractivity contribution >= 4 is 12.1 Å². The van der Waals surface area contributed by atoms with Gasteiger partial charge in [0.05, 0.1) is 6.61 Å². The average molecular weight is 257 g/mol. The number of ether oxygens (including phenoxy) is 2. The molecule has 1 saturated carbocycles. The molecule has 2 atom stereocenters. The highest BCUT2D eigenvalue weighted by Crippen LogP contribution is 2.46. The summed E-state index contributed by atoms with van der Waals surface area (Å²) in [7, 11) is 0. The zero-order valence-electron chi connectivity index (χ0n) is 11.8. The van der Waals surface area contributed by atoms with Gasteiger partial charge in [-0.3, -0.25) is 0 Å². The number of amides is 1. The van der Waals surface area contributed by atoms with E-state index in [-0.39, 0.29) is 11.9 Å². The summed E-state index contributed by atoms with van der Waals surface area (Å²) in [6.45, 7) is 9.41. The van der Waals surface area contributed by atoms with E-state index in [4.69, 9.17) is 9.47 Å². The van der Waals surface area contributed by atoms with Gasteiger partial charge in [-0.15, -0.1) is 0 Å². The molecular weight excluding hydrogens is 234 g/mol. The Morgan fingerprint density at radius 1 is 1.33 bits per heavy atom. The van der Waals surface area contributed by atoms with Crippen LogP contribution in [0.5, 0.6) is 0 Å². The van der Waals surface area contributed by atoms with Crippen molar-refractivity contribution in [3.8, 4) is 0 Å². The number of hydrogen-bond donors (Lipinski definition) is 1. The minimum absolute atomic E-state index is 0.143. The van der Waals surface area contributed by atoms with Gasteiger partial charge in [0.25, 0.3) is 0 Å². The lowest BCUT2D eigenvalue weighted by molar-refractivity contribution is -0.147. The van der Waals surface area contributed by atoms with Crippen LogP contribution in [0.2, 0.25) is 0 Å². The SMILES string of the molecule is CCOC(=O)[C@@]1(NC(=O)OC(C)(C)C)C[C@H]1CC. The molecule has 0 heterocycles. The van der Waals surface area contributed by atoms with E-state index in [2.05, 4.69) is 5.32 Å². The highest BCUT2D eigenvalue weighted by Gasteiger charge is 2.61. The molecule has 0 saturated heterocycles. The highest BCUT2D eigenvalue weighted by molar-refractivity contribution is 5.89. The Morgan fingerprint density at radius 3 is 2.33 bits per heavy atom. The van der Waals surface area contributed by atoms with Crippen molar-refractivity contribution in [3.05, 3.63) is 0 Å². The summed E-state index contributed by atoms with van der Waals surface area (Å²) < 4.78 is 10.2. The number of hydrogen-bond acceptors (Lipinski definition) is 4. The van der Waals surface area contributed by atoms with Gasteiger partial charge < -0.3 is 14.8 Å². The van der Waals surface area contributed by atoms with E-state index in [1.54, 1.807) is 27.7 Å². The molecule has 0 radical (unpaired) electrons. The Hall–Kier alpha value is -1.26. The summed E-state index contributed by atoms with van der Waals surface area (Å²) in [5, 5.41) is 2.67. The van der Waals surface area contributed by atoms with Crippen molar-refractivity contribution < 1.29 is 19.1 Å². The predicted molar refractivity (Wildman–Crippen MR) is 67.1 cm³/mol. The maximum absolute atomic E-state index is 11.9. The summed E-state index contributed by atoms with van der Waals surface area (Å²) >= 11 is 0. The molecule has 0 aliphatic heterocycles. The Bertz CT molecular complexity index is 334. The Balaban J connectivity index is 2.65. The maximum atomic E-state index is 11.9. The van der Waals surface area contributed by atoms with Gasteiger partial charge in [-0.2, -0.15) is 0 Å². The molecule has 0 aromatic carbocycles. The van der Waals surface area contributed by atoms with E-state index in [0.717, 1.165) is 6.42 Å². The first-order valence-corrected chi connectivity index (χ1v) is 6.43. The molecule has 1 aliphatic carbocycles. The van der Waals surface area contributed by atoms with E-state index < -0.39 is 17.2 Å². The van der Waals surface area contributed by atoms with E-state index >= 15 is 0 Å². The molecule has 0 unspecified atom stereocenters. The van der Waals surface area contributed by atoms with Crippen LogP contribution < -0.4 is 5.32 Å². The van der Waals surface area contributed by atoms with Gasteiger partial charge in [-0.05, 0) is 40.0 Å². The molecule has 1 fully saturated rings. The summed E-state index contributed by atoms with van der Waals surface area (Å²) in [6, 6.07) is 0. The molecule has 18 heavy (non-hydrogen) atoms. The van der Waals surface area contributed by atoms with Crippen molar-refractivity contribution in [1.29, 1.82) is 0 Å². The molecule has 5 nitrogen and oxygen atoms in total. The van der Waals surface area contributed by atoms with Gasteiger partial charge in [-0.1, -0.05) is 13.3 Å². The minimum Gasteiger partial charge on any atom is -0.464 e. The average Bonchev–Trinajstić information content (AvgIpc) is 2.90. The van der Waals surface area contributed by atoms with Crippen LogP contribution >= 0.6 is 0 Å². The van der Waals surface area contributed by atoms with E-state index in [9.17, 15) is 9.59 Å². The molecule has 1 aliphatic rings. The number of carbonyl (C=O) groups is 2. The molecule has 1 amide bonds. The molecule has 0 aromatic rings. The van der Waals surface area contributed by atoms with Crippen LogP contribution in [0.4, 0.5) is 4.79 Å². The smallest absolute Gasteiger partial charge is 0.408 e. The van der Waals surface area contributed by atoms with Crippen LogP contribution in [0.3, 0.4) is 0 Å². The second-order valence-electron chi connectivity index (χ2n) is 5.63.